The summed E-state index contributed by atoms with van der Waals surface area (Å²) < 4.78 is 5.44. The van der Waals surface area contributed by atoms with Crippen molar-refractivity contribution in [3.63, 3.8) is 0 Å². The summed E-state index contributed by atoms with van der Waals surface area (Å²) in [5, 5.41) is 9.00. The molecule has 0 radical (unpaired) electrons. The number of benzene rings is 1. The lowest BCUT2D eigenvalue weighted by Gasteiger charge is -2.13. The van der Waals surface area contributed by atoms with Crippen molar-refractivity contribution >= 4 is 6.08 Å². The Kier molecular flexibility index (Phi) is 8.87. The second-order valence-corrected chi connectivity index (χ2v) is 6.74. The molecule has 0 aliphatic heterocycles. The quantitative estimate of drug-likeness (QED) is 0.608. The van der Waals surface area contributed by atoms with E-state index in [4.69, 9.17) is 9.84 Å². The zero-order valence-corrected chi connectivity index (χ0v) is 17.2. The number of ether oxygens (including phenoxy) is 1. The van der Waals surface area contributed by atoms with Gasteiger partial charge in [-0.05, 0) is 75.4 Å². The zero-order chi connectivity index (χ0) is 19.7. The molecule has 26 heavy (non-hydrogen) atoms. The van der Waals surface area contributed by atoms with E-state index in [1.165, 1.54) is 27.8 Å². The monoisotopic (exact) mass is 352 g/mol. The summed E-state index contributed by atoms with van der Waals surface area (Å²) in [5.41, 5.74) is 8.19. The topological polar surface area (TPSA) is 29.5 Å². The minimum Gasteiger partial charge on any atom is -0.496 e. The van der Waals surface area contributed by atoms with E-state index in [0.29, 0.717) is 0 Å². The normalized spacial score (nSPS) is 13.9. The second-order valence-electron chi connectivity index (χ2n) is 6.74. The Labute approximate surface area is 158 Å². The summed E-state index contributed by atoms with van der Waals surface area (Å²) >= 11 is 0. The molecule has 0 spiro atoms. The third-order valence-corrected chi connectivity index (χ3v) is 4.44. The van der Waals surface area contributed by atoms with Crippen LogP contribution in [0.3, 0.4) is 0 Å². The lowest BCUT2D eigenvalue weighted by Crippen LogP contribution is -1.95. The Hall–Kier alpha value is -2.32. The minimum atomic E-state index is 0.0982. The van der Waals surface area contributed by atoms with Gasteiger partial charge in [0.05, 0.1) is 13.7 Å². The molecule has 0 amide bonds. The summed E-state index contributed by atoms with van der Waals surface area (Å²) in [6.45, 7) is 12.5. The first-order valence-corrected chi connectivity index (χ1v) is 8.92. The van der Waals surface area contributed by atoms with Crippen LogP contribution in [0.25, 0.3) is 6.08 Å². The number of allylic oxidation sites excluding steroid dienone is 8. The van der Waals surface area contributed by atoms with E-state index >= 15 is 0 Å². The van der Waals surface area contributed by atoms with Crippen molar-refractivity contribution in [2.45, 2.75) is 41.5 Å². The smallest absolute Gasteiger partial charge is 0.122 e. The molecule has 0 saturated carbocycles. The highest BCUT2D eigenvalue weighted by Crippen LogP contribution is 2.28. The average molecular weight is 353 g/mol. The van der Waals surface area contributed by atoms with Crippen LogP contribution in [0, 0.1) is 20.8 Å². The van der Waals surface area contributed by atoms with E-state index in [0.717, 1.165) is 16.9 Å². The van der Waals surface area contributed by atoms with Crippen molar-refractivity contribution in [2.24, 2.45) is 0 Å². The van der Waals surface area contributed by atoms with Crippen molar-refractivity contribution < 1.29 is 9.84 Å². The van der Waals surface area contributed by atoms with Crippen molar-refractivity contribution in [3.05, 3.63) is 81.5 Å². The van der Waals surface area contributed by atoms with Gasteiger partial charge >= 0.3 is 0 Å². The summed E-state index contributed by atoms with van der Waals surface area (Å²) in [6.07, 6.45) is 14.5. The molecular formula is C24H32O2. The maximum Gasteiger partial charge on any atom is 0.122 e. The van der Waals surface area contributed by atoms with Crippen molar-refractivity contribution in [1.82, 2.24) is 0 Å². The van der Waals surface area contributed by atoms with Crippen LogP contribution >= 0.6 is 0 Å². The second kappa shape index (κ2) is 10.6. The van der Waals surface area contributed by atoms with E-state index in [-0.39, 0.29) is 6.61 Å². The largest absolute Gasteiger partial charge is 0.496 e. The van der Waals surface area contributed by atoms with Gasteiger partial charge in [-0.3, -0.25) is 0 Å². The molecule has 2 heteroatoms. The molecule has 0 aliphatic rings. The average Bonchev–Trinajstić information content (AvgIpc) is 2.62. The molecule has 0 heterocycles. The molecule has 140 valence electrons. The zero-order valence-electron chi connectivity index (χ0n) is 17.2. The Morgan fingerprint density at radius 3 is 2.23 bits per heavy atom. The fourth-order valence-corrected chi connectivity index (χ4v) is 2.54. The number of aliphatic hydroxyl groups is 1. The van der Waals surface area contributed by atoms with E-state index < -0.39 is 0 Å². The first kappa shape index (κ1) is 21.7. The van der Waals surface area contributed by atoms with Gasteiger partial charge < -0.3 is 9.84 Å². The molecule has 0 bridgehead atoms. The Bertz CT molecular complexity index is 772. The van der Waals surface area contributed by atoms with Crippen molar-refractivity contribution in [1.29, 1.82) is 0 Å². The van der Waals surface area contributed by atoms with Crippen LogP contribution in [0.5, 0.6) is 5.75 Å². The molecule has 0 fully saturated rings. The van der Waals surface area contributed by atoms with E-state index in [1.807, 2.05) is 32.1 Å². The van der Waals surface area contributed by atoms with Crippen LogP contribution in [0.1, 0.15) is 43.0 Å². The standard InChI is InChI=1S/C24H32O2/c1-17(11-12-19(3)16-25)9-8-10-18(2)13-14-23-20(4)15-24(26-7)22(6)21(23)5/h8-15,25H,16H2,1-7H3. The number of hydrogen-bond donors (Lipinski definition) is 1. The van der Waals surface area contributed by atoms with Crippen LogP contribution in [0.2, 0.25) is 0 Å². The van der Waals surface area contributed by atoms with Crippen LogP contribution in [-0.2, 0) is 0 Å². The highest BCUT2D eigenvalue weighted by molar-refractivity contribution is 5.64. The number of rotatable bonds is 7. The van der Waals surface area contributed by atoms with E-state index in [1.54, 1.807) is 7.11 Å². The van der Waals surface area contributed by atoms with Crippen LogP contribution in [-0.4, -0.2) is 18.8 Å². The van der Waals surface area contributed by atoms with Gasteiger partial charge in [0.2, 0.25) is 0 Å². The van der Waals surface area contributed by atoms with Gasteiger partial charge in [-0.1, -0.05) is 53.7 Å². The van der Waals surface area contributed by atoms with E-state index in [9.17, 15) is 0 Å². The highest BCUT2D eigenvalue weighted by Gasteiger charge is 2.08. The van der Waals surface area contributed by atoms with Gasteiger partial charge in [0.25, 0.3) is 0 Å². The molecule has 0 atom stereocenters. The Morgan fingerprint density at radius 2 is 1.62 bits per heavy atom. The molecule has 0 unspecified atom stereocenters. The van der Waals surface area contributed by atoms with Crippen LogP contribution in [0.15, 0.2) is 59.2 Å². The maximum atomic E-state index is 9.00. The van der Waals surface area contributed by atoms with Crippen molar-refractivity contribution in [3.8, 4) is 5.75 Å². The maximum absolute atomic E-state index is 9.00. The van der Waals surface area contributed by atoms with Gasteiger partial charge in [-0.15, -0.1) is 0 Å². The number of hydrogen-bond acceptors (Lipinski definition) is 2. The summed E-state index contributed by atoms with van der Waals surface area (Å²) in [6, 6.07) is 2.09. The number of methoxy groups -OCH3 is 1. The van der Waals surface area contributed by atoms with Crippen molar-refractivity contribution in [2.75, 3.05) is 13.7 Å². The third-order valence-electron chi connectivity index (χ3n) is 4.44. The van der Waals surface area contributed by atoms with Gasteiger partial charge in [0.15, 0.2) is 0 Å². The lowest BCUT2D eigenvalue weighted by molar-refractivity contribution is 0.331. The van der Waals surface area contributed by atoms with Gasteiger partial charge in [-0.25, -0.2) is 0 Å². The number of aliphatic hydroxyl groups excluding tert-OH is 1. The molecule has 0 saturated heterocycles. The fourth-order valence-electron chi connectivity index (χ4n) is 2.54. The molecule has 1 rings (SSSR count). The first-order chi connectivity index (χ1) is 12.3. The van der Waals surface area contributed by atoms with Gasteiger partial charge in [-0.2, -0.15) is 0 Å². The first-order valence-electron chi connectivity index (χ1n) is 8.92. The molecule has 1 aromatic carbocycles. The third kappa shape index (κ3) is 6.53. The fraction of sp³-hybridized carbons (Fsp3) is 0.333. The summed E-state index contributed by atoms with van der Waals surface area (Å²) in [4.78, 5) is 0. The molecule has 1 aromatic rings. The van der Waals surface area contributed by atoms with E-state index in [2.05, 4.69) is 58.1 Å². The molecule has 2 nitrogen and oxygen atoms in total. The SMILES string of the molecule is COc1cc(C)c(C=CC(C)=CC=CC(C)=CC=C(C)CO)c(C)c1C. The molecular weight excluding hydrogens is 320 g/mol. The Morgan fingerprint density at radius 1 is 0.962 bits per heavy atom. The Balaban J connectivity index is 2.91. The summed E-state index contributed by atoms with van der Waals surface area (Å²) in [5.74, 6) is 0.945. The van der Waals surface area contributed by atoms with Gasteiger partial charge in [0, 0.05) is 0 Å². The predicted octanol–water partition coefficient (Wildman–Crippen LogP) is 6.02. The van der Waals surface area contributed by atoms with Gasteiger partial charge in [0.1, 0.15) is 5.75 Å². The van der Waals surface area contributed by atoms with Crippen LogP contribution < -0.4 is 4.74 Å². The van der Waals surface area contributed by atoms with Crippen LogP contribution in [0.4, 0.5) is 0 Å². The predicted molar refractivity (Wildman–Crippen MR) is 114 cm³/mol. The molecule has 0 aromatic heterocycles. The molecule has 0 aliphatic carbocycles. The lowest BCUT2D eigenvalue weighted by atomic mass is 9.96. The minimum absolute atomic E-state index is 0.0982. The molecule has 1 N–H and O–H groups in total. The summed E-state index contributed by atoms with van der Waals surface area (Å²) in [7, 11) is 1.72. The number of aryl methyl sites for hydroxylation is 1. The highest BCUT2D eigenvalue weighted by atomic mass is 16.5.